The second-order valence-corrected chi connectivity index (χ2v) is 3.73. The lowest BCUT2D eigenvalue weighted by Gasteiger charge is -1.86. The van der Waals surface area contributed by atoms with E-state index in [1.807, 2.05) is 6.92 Å². The summed E-state index contributed by atoms with van der Waals surface area (Å²) in [6.07, 6.45) is 5.56. The molecule has 2 N–H and O–H groups in total. The van der Waals surface area contributed by atoms with Crippen LogP contribution in [0.3, 0.4) is 0 Å². The summed E-state index contributed by atoms with van der Waals surface area (Å²) in [7, 11) is 0. The van der Waals surface area contributed by atoms with Crippen LogP contribution in [0.25, 0.3) is 0 Å². The minimum Gasteiger partial charge on any atom is -0.370 e. The summed E-state index contributed by atoms with van der Waals surface area (Å²) in [6.45, 7) is 9.89. The number of Topliss-reactive ketones (excluding diaryl/α,β-unsaturated/α-hetero) is 1. The van der Waals surface area contributed by atoms with Gasteiger partial charge in [0.15, 0.2) is 0 Å². The molecule has 0 spiro atoms. The van der Waals surface area contributed by atoms with Crippen LogP contribution in [0.1, 0.15) is 73.1 Å². The highest BCUT2D eigenvalue weighted by atomic mass is 16.1. The van der Waals surface area contributed by atoms with E-state index in [-0.39, 0.29) is 5.91 Å². The minimum absolute atomic E-state index is 0.211. The van der Waals surface area contributed by atoms with Gasteiger partial charge in [-0.15, -0.1) is 0 Å². The van der Waals surface area contributed by atoms with E-state index >= 15 is 0 Å². The van der Waals surface area contributed by atoms with Crippen molar-refractivity contribution in [1.82, 2.24) is 0 Å². The monoisotopic (exact) mass is 231 g/mol. The molecule has 0 bridgehead atoms. The maximum Gasteiger partial charge on any atom is 0.217 e. The fourth-order valence-corrected chi connectivity index (χ4v) is 0.672. The number of rotatable bonds is 5. The van der Waals surface area contributed by atoms with Crippen molar-refractivity contribution in [2.75, 3.05) is 0 Å². The second kappa shape index (κ2) is 19.7. The maximum atomic E-state index is 10.2. The zero-order valence-corrected chi connectivity index (χ0v) is 11.6. The van der Waals surface area contributed by atoms with Gasteiger partial charge >= 0.3 is 0 Å². The van der Waals surface area contributed by atoms with E-state index in [0.717, 1.165) is 25.7 Å². The van der Waals surface area contributed by atoms with Gasteiger partial charge in [-0.1, -0.05) is 40.5 Å². The number of nitrogens with two attached hydrogens (primary N) is 1. The van der Waals surface area contributed by atoms with Crippen LogP contribution in [0.15, 0.2) is 0 Å². The van der Waals surface area contributed by atoms with Gasteiger partial charge in [-0.2, -0.15) is 0 Å². The number of carbonyl (C=O) groups excluding carboxylic acids is 2. The molecule has 0 aromatic rings. The van der Waals surface area contributed by atoms with Crippen LogP contribution in [0.5, 0.6) is 0 Å². The average molecular weight is 231 g/mol. The van der Waals surface area contributed by atoms with Crippen molar-refractivity contribution in [3.63, 3.8) is 0 Å². The molecule has 0 fully saturated rings. The van der Waals surface area contributed by atoms with Crippen molar-refractivity contribution < 1.29 is 9.59 Å². The second-order valence-electron chi connectivity index (χ2n) is 3.73. The molecule has 0 aromatic heterocycles. The summed E-state index contributed by atoms with van der Waals surface area (Å²) in [5, 5.41) is 0. The SMILES string of the molecule is CCC.CCCC(N)=O.CCCCC(C)=O. The summed E-state index contributed by atoms with van der Waals surface area (Å²) >= 11 is 0. The van der Waals surface area contributed by atoms with Gasteiger partial charge in [0.1, 0.15) is 5.78 Å². The Labute approximate surface area is 101 Å². The molecule has 0 rings (SSSR count). The van der Waals surface area contributed by atoms with Gasteiger partial charge in [0.2, 0.25) is 5.91 Å². The molecule has 0 saturated carbocycles. The summed E-state index contributed by atoms with van der Waals surface area (Å²) in [4.78, 5) is 20.0. The fourth-order valence-electron chi connectivity index (χ4n) is 0.672. The summed E-state index contributed by atoms with van der Waals surface area (Å²) in [6, 6.07) is 0. The Balaban J connectivity index is -0.000000172. The number of amides is 1. The Morgan fingerprint density at radius 2 is 1.38 bits per heavy atom. The Morgan fingerprint density at radius 3 is 1.44 bits per heavy atom. The van der Waals surface area contributed by atoms with Crippen LogP contribution >= 0.6 is 0 Å². The van der Waals surface area contributed by atoms with E-state index in [1.54, 1.807) is 6.92 Å². The van der Waals surface area contributed by atoms with Gasteiger partial charge in [-0.25, -0.2) is 0 Å². The van der Waals surface area contributed by atoms with E-state index in [9.17, 15) is 9.59 Å². The molecule has 0 aliphatic heterocycles. The van der Waals surface area contributed by atoms with Gasteiger partial charge in [0.05, 0.1) is 0 Å². The lowest BCUT2D eigenvalue weighted by molar-refractivity contribution is -0.118. The molecule has 3 heteroatoms. The standard InChI is InChI=1S/C6H12O.C4H9NO.C3H8/c1-3-4-5-6(2)7;1-2-3-4(5)6;1-3-2/h3-5H2,1-2H3;2-3H2,1H3,(H2,5,6);3H2,1-2H3. The first-order valence-electron chi connectivity index (χ1n) is 6.23. The van der Waals surface area contributed by atoms with Crippen LogP contribution in [-0.4, -0.2) is 11.7 Å². The first-order valence-corrected chi connectivity index (χ1v) is 6.23. The molecule has 3 nitrogen and oxygen atoms in total. The van der Waals surface area contributed by atoms with Crippen LogP contribution in [-0.2, 0) is 9.59 Å². The number of unbranched alkanes of at least 4 members (excludes halogenated alkanes) is 1. The molecular formula is C13H29NO2. The van der Waals surface area contributed by atoms with Crippen molar-refractivity contribution >= 4 is 11.7 Å². The fraction of sp³-hybridized carbons (Fsp3) is 0.846. The topological polar surface area (TPSA) is 60.2 Å². The normalized spacial score (nSPS) is 8.06. The third kappa shape index (κ3) is 51.4. The summed E-state index contributed by atoms with van der Waals surface area (Å²) < 4.78 is 0. The lowest BCUT2D eigenvalue weighted by Crippen LogP contribution is -2.08. The van der Waals surface area contributed by atoms with Crippen molar-refractivity contribution in [3.8, 4) is 0 Å². The molecule has 0 atom stereocenters. The molecule has 1 amide bonds. The maximum absolute atomic E-state index is 10.2. The molecule has 16 heavy (non-hydrogen) atoms. The molecule has 0 aliphatic carbocycles. The quantitative estimate of drug-likeness (QED) is 0.787. The summed E-state index contributed by atoms with van der Waals surface area (Å²) in [5.74, 6) is 0.0966. The highest BCUT2D eigenvalue weighted by molar-refractivity contribution is 5.75. The molecule has 0 aromatic carbocycles. The van der Waals surface area contributed by atoms with Crippen molar-refractivity contribution in [1.29, 1.82) is 0 Å². The van der Waals surface area contributed by atoms with Gasteiger partial charge in [0.25, 0.3) is 0 Å². The van der Waals surface area contributed by atoms with Crippen LogP contribution in [0.4, 0.5) is 0 Å². The zero-order chi connectivity index (χ0) is 13.4. The Morgan fingerprint density at radius 1 is 0.938 bits per heavy atom. The highest BCUT2D eigenvalue weighted by Crippen LogP contribution is 1.92. The predicted molar refractivity (Wildman–Crippen MR) is 70.3 cm³/mol. The smallest absolute Gasteiger partial charge is 0.217 e. The minimum atomic E-state index is -0.211. The van der Waals surface area contributed by atoms with Crippen LogP contribution in [0, 0.1) is 0 Å². The zero-order valence-electron chi connectivity index (χ0n) is 11.6. The van der Waals surface area contributed by atoms with E-state index < -0.39 is 0 Å². The number of primary amides is 1. The van der Waals surface area contributed by atoms with E-state index in [2.05, 4.69) is 20.8 Å². The third-order valence-corrected chi connectivity index (χ3v) is 1.38. The number of hydrogen-bond acceptors (Lipinski definition) is 2. The largest absolute Gasteiger partial charge is 0.370 e. The molecule has 0 aliphatic rings. The number of hydrogen-bond donors (Lipinski definition) is 1. The molecule has 98 valence electrons. The predicted octanol–water partition coefficient (Wildman–Crippen LogP) is 3.45. The van der Waals surface area contributed by atoms with Crippen LogP contribution < -0.4 is 5.73 Å². The highest BCUT2D eigenvalue weighted by Gasteiger charge is 1.87. The van der Waals surface area contributed by atoms with Gasteiger partial charge in [-0.3, -0.25) is 4.79 Å². The Kier molecular flexibility index (Phi) is 25.3. The van der Waals surface area contributed by atoms with Gasteiger partial charge < -0.3 is 10.5 Å². The Hall–Kier alpha value is -0.860. The average Bonchev–Trinajstić information content (AvgIpc) is 2.16. The third-order valence-electron chi connectivity index (χ3n) is 1.38. The van der Waals surface area contributed by atoms with Crippen molar-refractivity contribution in [3.05, 3.63) is 0 Å². The Bertz CT molecular complexity index is 156. The van der Waals surface area contributed by atoms with E-state index in [4.69, 9.17) is 5.73 Å². The molecular weight excluding hydrogens is 202 g/mol. The van der Waals surface area contributed by atoms with Crippen molar-refractivity contribution in [2.45, 2.75) is 73.1 Å². The van der Waals surface area contributed by atoms with Gasteiger partial charge in [-0.05, 0) is 19.8 Å². The summed E-state index contributed by atoms with van der Waals surface area (Å²) in [5.41, 5.74) is 4.76. The van der Waals surface area contributed by atoms with Crippen LogP contribution in [0.2, 0.25) is 0 Å². The van der Waals surface area contributed by atoms with Gasteiger partial charge in [0, 0.05) is 12.8 Å². The molecule has 0 unspecified atom stereocenters. The van der Waals surface area contributed by atoms with E-state index in [0.29, 0.717) is 12.2 Å². The number of ketones is 1. The number of carbonyl (C=O) groups is 2. The first kappa shape index (κ1) is 20.5. The van der Waals surface area contributed by atoms with E-state index in [1.165, 1.54) is 6.42 Å². The lowest BCUT2D eigenvalue weighted by atomic mass is 10.2. The molecule has 0 heterocycles. The molecule has 0 saturated heterocycles. The molecule has 0 radical (unpaired) electrons. The van der Waals surface area contributed by atoms with Crippen molar-refractivity contribution in [2.24, 2.45) is 5.73 Å². The first-order chi connectivity index (χ1) is 7.45.